The van der Waals surface area contributed by atoms with Crippen LogP contribution in [0.4, 0.5) is 10.2 Å². The number of imidazole rings is 1. The molecule has 1 fully saturated rings. The number of anilines is 1. The smallest absolute Gasteiger partial charge is 0.356 e. The summed E-state index contributed by atoms with van der Waals surface area (Å²) in [6, 6.07) is 0. The Morgan fingerprint density at radius 3 is 2.12 bits per heavy atom. The molecule has 1 saturated heterocycles. The number of halogens is 1. The van der Waals surface area contributed by atoms with Crippen LogP contribution in [0.1, 0.15) is 96.3 Å². The number of ether oxygens (including phenoxy) is 2. The second-order valence-electron chi connectivity index (χ2n) is 10.6. The van der Waals surface area contributed by atoms with Crippen molar-refractivity contribution in [2.75, 3.05) is 45.2 Å². The van der Waals surface area contributed by atoms with Gasteiger partial charge in [-0.25, -0.2) is 15.0 Å². The van der Waals surface area contributed by atoms with E-state index in [1.165, 1.54) is 77.0 Å². The third-order valence-electron chi connectivity index (χ3n) is 7.15. The monoisotopic (exact) mass is 585 g/mol. The lowest BCUT2D eigenvalue weighted by atomic mass is 10.0. The first-order chi connectivity index (χ1) is 19.6. The molecule has 2 aromatic rings. The number of hydrogen-bond donors (Lipinski definition) is 1. The zero-order valence-electron chi connectivity index (χ0n) is 24.0. The quantitative estimate of drug-likeness (QED) is 0.110. The zero-order valence-corrected chi connectivity index (χ0v) is 24.9. The van der Waals surface area contributed by atoms with Crippen molar-refractivity contribution in [1.82, 2.24) is 19.5 Å². The first-order valence-corrected chi connectivity index (χ1v) is 16.9. The second kappa shape index (κ2) is 19.5. The van der Waals surface area contributed by atoms with Crippen molar-refractivity contribution < 1.29 is 27.5 Å². The van der Waals surface area contributed by atoms with Crippen molar-refractivity contribution in [3.8, 4) is 0 Å². The minimum absolute atomic E-state index is 0.0785. The fraction of sp³-hybridized carbons (Fsp3) is 0.821. The normalized spacial score (nSPS) is 19.5. The second-order valence-corrected chi connectivity index (χ2v) is 12.6. The van der Waals surface area contributed by atoms with Gasteiger partial charge in [-0.1, -0.05) is 77.0 Å². The molecule has 12 heteroatoms. The topological polar surface area (TPSA) is 124 Å². The Morgan fingerprint density at radius 2 is 1.50 bits per heavy atom. The van der Waals surface area contributed by atoms with Crippen LogP contribution in [0.5, 0.6) is 0 Å². The highest BCUT2D eigenvalue weighted by atomic mass is 31.2. The molecule has 0 bridgehead atoms. The maximum absolute atomic E-state index is 12.8. The van der Waals surface area contributed by atoms with Gasteiger partial charge >= 0.3 is 7.60 Å². The summed E-state index contributed by atoms with van der Waals surface area (Å²) in [6.45, 7) is 2.10. The Hall–Kier alpha value is -1.65. The average Bonchev–Trinajstić information content (AvgIpc) is 3.37. The van der Waals surface area contributed by atoms with E-state index in [2.05, 4.69) is 15.0 Å². The molecule has 0 aliphatic carbocycles. The fourth-order valence-electron chi connectivity index (χ4n) is 4.80. The summed E-state index contributed by atoms with van der Waals surface area (Å²) in [5, 5.41) is 0. The molecule has 0 aromatic carbocycles. The molecule has 3 rings (SSSR count). The Kier molecular flexibility index (Phi) is 16.0. The van der Waals surface area contributed by atoms with Crippen LogP contribution in [-0.2, 0) is 29.6 Å². The highest BCUT2D eigenvalue weighted by Crippen LogP contribution is 2.51. The van der Waals surface area contributed by atoms with E-state index in [1.807, 2.05) is 4.57 Å². The highest BCUT2D eigenvalue weighted by Gasteiger charge is 2.33. The van der Waals surface area contributed by atoms with Gasteiger partial charge in [-0.15, -0.1) is 0 Å². The number of hydrogen-bond acceptors (Lipinski definition) is 9. The van der Waals surface area contributed by atoms with Gasteiger partial charge in [-0.05, 0) is 19.3 Å². The maximum Gasteiger partial charge on any atom is 0.356 e. The number of fused-ring (bicyclic) bond motifs is 1. The Bertz CT molecular complexity index is 985. The highest BCUT2D eigenvalue weighted by molar-refractivity contribution is 7.53. The van der Waals surface area contributed by atoms with E-state index in [1.54, 1.807) is 6.33 Å². The minimum atomic E-state index is -3.25. The molecule has 10 nitrogen and oxygen atoms in total. The van der Waals surface area contributed by atoms with E-state index in [9.17, 15) is 8.96 Å². The molecular weight excluding hydrogens is 536 g/mol. The van der Waals surface area contributed by atoms with Crippen molar-refractivity contribution in [2.45, 2.75) is 109 Å². The molecule has 40 heavy (non-hydrogen) atoms. The summed E-state index contributed by atoms with van der Waals surface area (Å²) in [7, 11) is -3.25. The third kappa shape index (κ3) is 12.5. The number of nitrogen functional groups attached to an aromatic ring is 1. The minimum Gasteiger partial charge on any atom is -0.382 e. The first kappa shape index (κ1) is 32.9. The van der Waals surface area contributed by atoms with Crippen LogP contribution >= 0.6 is 7.60 Å². The predicted molar refractivity (Wildman–Crippen MR) is 155 cm³/mol. The summed E-state index contributed by atoms with van der Waals surface area (Å²) in [6.07, 6.45) is 20.4. The molecule has 1 unspecified atom stereocenters. The van der Waals surface area contributed by atoms with Gasteiger partial charge in [-0.3, -0.25) is 8.96 Å². The van der Waals surface area contributed by atoms with Gasteiger partial charge in [0.05, 0.1) is 32.8 Å². The van der Waals surface area contributed by atoms with Crippen molar-refractivity contribution in [2.24, 2.45) is 0 Å². The van der Waals surface area contributed by atoms with Crippen molar-refractivity contribution >= 4 is 24.6 Å². The largest absolute Gasteiger partial charge is 0.382 e. The van der Waals surface area contributed by atoms with Gasteiger partial charge in [0.2, 0.25) is 0 Å². The number of alkyl halides is 1. The molecule has 0 radical (unpaired) electrons. The van der Waals surface area contributed by atoms with E-state index in [4.69, 9.17) is 24.3 Å². The predicted octanol–water partition coefficient (Wildman–Crippen LogP) is 6.83. The first-order valence-electron chi connectivity index (χ1n) is 15.2. The van der Waals surface area contributed by atoms with Gasteiger partial charge < -0.3 is 28.8 Å². The number of aromatic nitrogens is 4. The van der Waals surface area contributed by atoms with E-state index in [0.29, 0.717) is 43.2 Å². The van der Waals surface area contributed by atoms with Crippen LogP contribution in [0.2, 0.25) is 0 Å². The van der Waals surface area contributed by atoms with Crippen LogP contribution in [0, 0.1) is 0 Å². The fourth-order valence-corrected chi connectivity index (χ4v) is 6.21. The van der Waals surface area contributed by atoms with Crippen LogP contribution < -0.4 is 5.73 Å². The number of rotatable bonds is 23. The van der Waals surface area contributed by atoms with Gasteiger partial charge in [0.1, 0.15) is 24.3 Å². The van der Waals surface area contributed by atoms with Crippen LogP contribution in [0.15, 0.2) is 12.7 Å². The van der Waals surface area contributed by atoms with Crippen LogP contribution in [-0.4, -0.2) is 65.1 Å². The molecule has 0 spiro atoms. The zero-order chi connectivity index (χ0) is 28.3. The Morgan fingerprint density at radius 1 is 0.875 bits per heavy atom. The number of nitrogens with two attached hydrogens (primary N) is 1. The molecule has 3 heterocycles. The summed E-state index contributed by atoms with van der Waals surface area (Å²) in [5.74, 6) is 0.328. The Balaban J connectivity index is 1.08. The Labute approximate surface area is 238 Å². The third-order valence-corrected chi connectivity index (χ3v) is 8.73. The molecular formula is C28H49FN5O5P. The van der Waals surface area contributed by atoms with Crippen LogP contribution in [0.25, 0.3) is 11.2 Å². The molecule has 1 aliphatic rings. The van der Waals surface area contributed by atoms with Gasteiger partial charge in [0.15, 0.2) is 11.5 Å². The van der Waals surface area contributed by atoms with E-state index >= 15 is 0 Å². The lowest BCUT2D eigenvalue weighted by Gasteiger charge is -2.29. The van der Waals surface area contributed by atoms with E-state index < -0.39 is 7.60 Å². The maximum atomic E-state index is 12.8. The SMILES string of the molecule is Nc1ncnc2c1ncn2C[C@H]1COP(=O)(OCCCOCCCCCCCCCCCCCCCCF)CO1. The summed E-state index contributed by atoms with van der Waals surface area (Å²) in [4.78, 5) is 12.4. The molecule has 0 amide bonds. The molecule has 2 N–H and O–H groups in total. The number of unbranched alkanes of at least 4 members (excludes halogenated alkanes) is 13. The lowest BCUT2D eigenvalue weighted by Crippen LogP contribution is -2.30. The molecule has 2 atom stereocenters. The van der Waals surface area contributed by atoms with E-state index in [0.717, 1.165) is 25.9 Å². The van der Waals surface area contributed by atoms with Crippen LogP contribution in [0.3, 0.4) is 0 Å². The molecule has 228 valence electrons. The van der Waals surface area contributed by atoms with Crippen molar-refractivity contribution in [1.29, 1.82) is 0 Å². The lowest BCUT2D eigenvalue weighted by molar-refractivity contribution is -0.0143. The van der Waals surface area contributed by atoms with Gasteiger partial charge in [0, 0.05) is 13.2 Å². The summed E-state index contributed by atoms with van der Waals surface area (Å²) < 4.78 is 49.2. The van der Waals surface area contributed by atoms with Crippen molar-refractivity contribution in [3.63, 3.8) is 0 Å². The molecule has 0 saturated carbocycles. The van der Waals surface area contributed by atoms with E-state index in [-0.39, 0.29) is 25.7 Å². The molecule has 1 aliphatic heterocycles. The number of nitrogens with zero attached hydrogens (tertiary/aromatic N) is 4. The average molecular weight is 586 g/mol. The van der Waals surface area contributed by atoms with Gasteiger partial charge in [0.25, 0.3) is 0 Å². The standard InChI is InChI=1S/C28H49FN5O5P/c29-16-13-11-9-7-5-3-1-2-4-6-8-10-12-14-17-36-18-15-19-38-40(35)24-37-25(21-39-40)20-34-23-33-26-27(30)31-22-32-28(26)34/h22-23,25H,1-21,24H2,(H2,30,31,32)/t25-,40?/m0/s1. The van der Waals surface area contributed by atoms with Gasteiger partial charge in [-0.2, -0.15) is 0 Å². The molecule has 2 aromatic heterocycles. The summed E-state index contributed by atoms with van der Waals surface area (Å²) >= 11 is 0. The summed E-state index contributed by atoms with van der Waals surface area (Å²) in [5.41, 5.74) is 7.00. The van der Waals surface area contributed by atoms with Crippen molar-refractivity contribution in [3.05, 3.63) is 12.7 Å².